The summed E-state index contributed by atoms with van der Waals surface area (Å²) in [6, 6.07) is 15.1. The Balaban J connectivity index is 1.75. The van der Waals surface area contributed by atoms with Gasteiger partial charge < -0.3 is 4.90 Å². The Morgan fingerprint density at radius 2 is 1.52 bits per heavy atom. The summed E-state index contributed by atoms with van der Waals surface area (Å²) in [5.74, 6) is 0. The molecule has 0 aromatic heterocycles. The van der Waals surface area contributed by atoms with Gasteiger partial charge in [0.2, 0.25) is 10.0 Å². The summed E-state index contributed by atoms with van der Waals surface area (Å²) in [7, 11) is -3.38. The van der Waals surface area contributed by atoms with Gasteiger partial charge in [-0.05, 0) is 43.2 Å². The summed E-state index contributed by atoms with van der Waals surface area (Å²) in [5, 5.41) is 0. The quantitative estimate of drug-likeness (QED) is 0.869. The first kappa shape index (κ1) is 16.0. The Hall–Kier alpha value is -1.85. The van der Waals surface area contributed by atoms with Crippen molar-refractivity contribution in [2.75, 3.05) is 31.1 Å². The summed E-state index contributed by atoms with van der Waals surface area (Å²) in [6.45, 7) is 6.66. The molecule has 1 aliphatic rings. The molecule has 0 spiro atoms. The van der Waals surface area contributed by atoms with Crippen LogP contribution in [0, 0.1) is 13.8 Å². The molecule has 1 heterocycles. The molecule has 1 fully saturated rings. The number of anilines is 1. The Morgan fingerprint density at radius 1 is 0.870 bits per heavy atom. The minimum absolute atomic E-state index is 0.375. The van der Waals surface area contributed by atoms with E-state index in [9.17, 15) is 8.42 Å². The highest BCUT2D eigenvalue weighted by atomic mass is 32.2. The third kappa shape index (κ3) is 3.26. The van der Waals surface area contributed by atoms with E-state index in [0.29, 0.717) is 18.0 Å². The topological polar surface area (TPSA) is 40.6 Å². The molecule has 0 radical (unpaired) electrons. The molecule has 2 aromatic carbocycles. The van der Waals surface area contributed by atoms with Crippen LogP contribution in [0.15, 0.2) is 53.4 Å². The third-order valence-electron chi connectivity index (χ3n) is 4.32. The molecule has 0 atom stereocenters. The zero-order valence-electron chi connectivity index (χ0n) is 13.6. The van der Waals surface area contributed by atoms with Gasteiger partial charge >= 0.3 is 0 Å². The maximum Gasteiger partial charge on any atom is 0.243 e. The van der Waals surface area contributed by atoms with Crippen molar-refractivity contribution in [1.82, 2.24) is 4.31 Å². The molecule has 0 saturated carbocycles. The lowest BCUT2D eigenvalue weighted by atomic mass is 10.1. The molecule has 5 heteroatoms. The van der Waals surface area contributed by atoms with Crippen LogP contribution in [-0.4, -0.2) is 38.9 Å². The molecule has 1 saturated heterocycles. The molecule has 0 amide bonds. The van der Waals surface area contributed by atoms with Gasteiger partial charge in [-0.15, -0.1) is 0 Å². The maximum absolute atomic E-state index is 12.7. The fourth-order valence-electron chi connectivity index (χ4n) is 2.97. The second-order valence-corrected chi connectivity index (χ2v) is 7.93. The summed E-state index contributed by atoms with van der Waals surface area (Å²) in [5.41, 5.74) is 3.67. The minimum atomic E-state index is -3.38. The van der Waals surface area contributed by atoms with E-state index in [2.05, 4.69) is 36.9 Å². The number of benzene rings is 2. The third-order valence-corrected chi connectivity index (χ3v) is 6.24. The summed E-state index contributed by atoms with van der Waals surface area (Å²) in [4.78, 5) is 2.65. The molecule has 0 N–H and O–H groups in total. The van der Waals surface area contributed by atoms with Crippen molar-refractivity contribution in [3.8, 4) is 0 Å². The van der Waals surface area contributed by atoms with Crippen LogP contribution in [0.3, 0.4) is 0 Å². The number of sulfonamides is 1. The molecule has 0 bridgehead atoms. The van der Waals surface area contributed by atoms with Gasteiger partial charge in [0, 0.05) is 31.9 Å². The van der Waals surface area contributed by atoms with Crippen LogP contribution in [-0.2, 0) is 10.0 Å². The van der Waals surface area contributed by atoms with E-state index in [1.807, 2.05) is 6.07 Å². The fourth-order valence-corrected chi connectivity index (χ4v) is 4.41. The summed E-state index contributed by atoms with van der Waals surface area (Å²) in [6.07, 6.45) is 0. The number of hydrogen-bond donors (Lipinski definition) is 0. The summed E-state index contributed by atoms with van der Waals surface area (Å²) < 4.78 is 26.9. The van der Waals surface area contributed by atoms with Gasteiger partial charge in [-0.25, -0.2) is 8.42 Å². The zero-order chi connectivity index (χ0) is 16.4. The number of nitrogens with zero attached hydrogens (tertiary/aromatic N) is 2. The van der Waals surface area contributed by atoms with Crippen LogP contribution >= 0.6 is 0 Å². The number of hydrogen-bond acceptors (Lipinski definition) is 3. The lowest BCUT2D eigenvalue weighted by molar-refractivity contribution is 0.384. The zero-order valence-corrected chi connectivity index (χ0v) is 14.4. The molecule has 2 aromatic rings. The Morgan fingerprint density at radius 3 is 2.17 bits per heavy atom. The number of rotatable bonds is 3. The van der Waals surface area contributed by atoms with Crippen LogP contribution in [0.25, 0.3) is 0 Å². The van der Waals surface area contributed by atoms with Gasteiger partial charge in [-0.1, -0.05) is 30.3 Å². The van der Waals surface area contributed by atoms with Crippen LogP contribution in [0.5, 0.6) is 0 Å². The maximum atomic E-state index is 12.7. The minimum Gasteiger partial charge on any atom is -0.369 e. The molecule has 122 valence electrons. The van der Waals surface area contributed by atoms with E-state index < -0.39 is 10.0 Å². The van der Waals surface area contributed by atoms with Crippen molar-refractivity contribution in [2.45, 2.75) is 18.7 Å². The number of piperazine rings is 1. The molecule has 1 aliphatic heterocycles. The lowest BCUT2D eigenvalue weighted by Gasteiger charge is -2.36. The van der Waals surface area contributed by atoms with Gasteiger partial charge in [0.15, 0.2) is 0 Å². The SMILES string of the molecule is Cc1ccc(C)c(N2CCN(S(=O)(=O)c3ccccc3)CC2)c1. The highest BCUT2D eigenvalue weighted by Crippen LogP contribution is 2.24. The van der Waals surface area contributed by atoms with E-state index in [-0.39, 0.29) is 0 Å². The first-order valence-corrected chi connectivity index (χ1v) is 9.30. The smallest absolute Gasteiger partial charge is 0.243 e. The highest BCUT2D eigenvalue weighted by molar-refractivity contribution is 7.89. The Labute approximate surface area is 138 Å². The van der Waals surface area contributed by atoms with E-state index in [1.54, 1.807) is 28.6 Å². The monoisotopic (exact) mass is 330 g/mol. The van der Waals surface area contributed by atoms with Gasteiger partial charge in [-0.3, -0.25) is 0 Å². The second-order valence-electron chi connectivity index (χ2n) is 5.99. The van der Waals surface area contributed by atoms with Gasteiger partial charge in [0.05, 0.1) is 4.90 Å². The highest BCUT2D eigenvalue weighted by Gasteiger charge is 2.28. The first-order valence-electron chi connectivity index (χ1n) is 7.86. The van der Waals surface area contributed by atoms with Crippen LogP contribution in [0.1, 0.15) is 11.1 Å². The standard InChI is InChI=1S/C18H22N2O2S/c1-15-8-9-16(2)18(14-15)19-10-12-20(13-11-19)23(21,22)17-6-4-3-5-7-17/h3-9,14H,10-13H2,1-2H3. The first-order chi connectivity index (χ1) is 11.0. The predicted molar refractivity (Wildman–Crippen MR) is 93.3 cm³/mol. The fraction of sp³-hybridized carbons (Fsp3) is 0.333. The normalized spacial score (nSPS) is 16.5. The van der Waals surface area contributed by atoms with Crippen LogP contribution < -0.4 is 4.90 Å². The van der Waals surface area contributed by atoms with E-state index >= 15 is 0 Å². The molecular weight excluding hydrogens is 308 g/mol. The van der Waals surface area contributed by atoms with Gasteiger partial charge in [0.25, 0.3) is 0 Å². The molecule has 3 rings (SSSR count). The average Bonchev–Trinajstić information content (AvgIpc) is 2.58. The van der Waals surface area contributed by atoms with Gasteiger partial charge in [-0.2, -0.15) is 4.31 Å². The van der Waals surface area contributed by atoms with Crippen molar-refractivity contribution >= 4 is 15.7 Å². The second kappa shape index (κ2) is 6.34. The van der Waals surface area contributed by atoms with Crippen LogP contribution in [0.4, 0.5) is 5.69 Å². The molecule has 4 nitrogen and oxygen atoms in total. The van der Waals surface area contributed by atoms with Gasteiger partial charge in [0.1, 0.15) is 0 Å². The van der Waals surface area contributed by atoms with Crippen molar-refractivity contribution in [1.29, 1.82) is 0 Å². The van der Waals surface area contributed by atoms with E-state index in [4.69, 9.17) is 0 Å². The average molecular weight is 330 g/mol. The molecule has 23 heavy (non-hydrogen) atoms. The molecule has 0 unspecified atom stereocenters. The Kier molecular flexibility index (Phi) is 4.41. The van der Waals surface area contributed by atoms with Crippen LogP contribution in [0.2, 0.25) is 0 Å². The Bertz CT molecular complexity index is 780. The van der Waals surface area contributed by atoms with Crippen molar-refractivity contribution in [2.24, 2.45) is 0 Å². The van der Waals surface area contributed by atoms with E-state index in [0.717, 1.165) is 13.1 Å². The number of aryl methyl sites for hydroxylation is 2. The summed E-state index contributed by atoms with van der Waals surface area (Å²) >= 11 is 0. The predicted octanol–water partition coefficient (Wildman–Crippen LogP) is 2.81. The van der Waals surface area contributed by atoms with Crippen molar-refractivity contribution in [3.05, 3.63) is 59.7 Å². The lowest BCUT2D eigenvalue weighted by Crippen LogP contribution is -2.48. The van der Waals surface area contributed by atoms with Crippen molar-refractivity contribution < 1.29 is 8.42 Å². The largest absolute Gasteiger partial charge is 0.369 e. The van der Waals surface area contributed by atoms with E-state index in [1.165, 1.54) is 16.8 Å². The molecule has 0 aliphatic carbocycles. The molecular formula is C18H22N2O2S. The van der Waals surface area contributed by atoms with Crippen molar-refractivity contribution in [3.63, 3.8) is 0 Å².